The largest absolute Gasteiger partial charge is 0.375 e. The zero-order valence-corrected chi connectivity index (χ0v) is 13.0. The number of ether oxygens (including phenoxy) is 2. The SMILES string of the molecule is COCC(=O)N1CC2(C[C@H](OCc3ccncc3)CS2)C1. The van der Waals surface area contributed by atoms with Gasteiger partial charge in [-0.25, -0.2) is 0 Å². The second-order valence-corrected chi connectivity index (χ2v) is 7.16. The van der Waals surface area contributed by atoms with E-state index in [9.17, 15) is 4.79 Å². The maximum absolute atomic E-state index is 11.7. The van der Waals surface area contributed by atoms with E-state index >= 15 is 0 Å². The van der Waals surface area contributed by atoms with Crippen LogP contribution in [-0.2, 0) is 20.9 Å². The van der Waals surface area contributed by atoms with Crippen LogP contribution in [0.1, 0.15) is 12.0 Å². The number of hydrogen-bond donors (Lipinski definition) is 0. The molecule has 114 valence electrons. The Morgan fingerprint density at radius 1 is 1.48 bits per heavy atom. The van der Waals surface area contributed by atoms with Gasteiger partial charge >= 0.3 is 0 Å². The number of rotatable bonds is 5. The van der Waals surface area contributed by atoms with E-state index in [0.717, 1.165) is 30.8 Å². The molecule has 1 spiro atoms. The van der Waals surface area contributed by atoms with E-state index in [0.29, 0.717) is 6.61 Å². The minimum Gasteiger partial charge on any atom is -0.375 e. The Kier molecular flexibility index (Phi) is 4.47. The third kappa shape index (κ3) is 3.39. The highest BCUT2D eigenvalue weighted by atomic mass is 32.2. The van der Waals surface area contributed by atoms with Gasteiger partial charge in [-0.3, -0.25) is 9.78 Å². The lowest BCUT2D eigenvalue weighted by Crippen LogP contribution is -2.61. The Morgan fingerprint density at radius 2 is 2.24 bits per heavy atom. The van der Waals surface area contributed by atoms with E-state index < -0.39 is 0 Å². The fourth-order valence-electron chi connectivity index (χ4n) is 2.86. The second kappa shape index (κ2) is 6.34. The number of carbonyl (C=O) groups excluding carboxylic acids is 1. The molecule has 1 amide bonds. The first-order valence-electron chi connectivity index (χ1n) is 7.12. The van der Waals surface area contributed by atoms with Crippen LogP contribution in [0.4, 0.5) is 0 Å². The van der Waals surface area contributed by atoms with Gasteiger partial charge < -0.3 is 14.4 Å². The van der Waals surface area contributed by atoms with Gasteiger partial charge in [0.1, 0.15) is 6.61 Å². The number of likely N-dealkylation sites (tertiary alicyclic amines) is 1. The zero-order chi connectivity index (χ0) is 14.7. The van der Waals surface area contributed by atoms with E-state index in [1.54, 1.807) is 19.5 Å². The monoisotopic (exact) mass is 308 g/mol. The fraction of sp³-hybridized carbons (Fsp3) is 0.600. The van der Waals surface area contributed by atoms with Crippen molar-refractivity contribution in [3.05, 3.63) is 30.1 Å². The number of pyridine rings is 1. The third-order valence-electron chi connectivity index (χ3n) is 3.99. The van der Waals surface area contributed by atoms with Crippen LogP contribution in [0.5, 0.6) is 0 Å². The molecule has 2 aliphatic rings. The molecule has 2 saturated heterocycles. The van der Waals surface area contributed by atoms with Crippen LogP contribution in [0.25, 0.3) is 0 Å². The first-order valence-corrected chi connectivity index (χ1v) is 8.10. The minimum atomic E-state index is 0.0879. The lowest BCUT2D eigenvalue weighted by Gasteiger charge is -2.47. The Labute approximate surface area is 129 Å². The van der Waals surface area contributed by atoms with Crippen LogP contribution < -0.4 is 0 Å². The first kappa shape index (κ1) is 14.8. The van der Waals surface area contributed by atoms with Crippen molar-refractivity contribution in [2.45, 2.75) is 23.9 Å². The van der Waals surface area contributed by atoms with E-state index in [4.69, 9.17) is 9.47 Å². The molecule has 0 N–H and O–H groups in total. The number of hydrogen-bond acceptors (Lipinski definition) is 5. The zero-order valence-electron chi connectivity index (χ0n) is 12.2. The highest BCUT2D eigenvalue weighted by Gasteiger charge is 2.50. The topological polar surface area (TPSA) is 51.7 Å². The molecule has 0 bridgehead atoms. The summed E-state index contributed by atoms with van der Waals surface area (Å²) in [5.74, 6) is 1.10. The molecule has 0 unspecified atom stereocenters. The highest BCUT2D eigenvalue weighted by Crippen LogP contribution is 2.46. The number of thioether (sulfide) groups is 1. The van der Waals surface area contributed by atoms with Crippen LogP contribution in [0.15, 0.2) is 24.5 Å². The third-order valence-corrected chi connectivity index (χ3v) is 5.56. The first-order chi connectivity index (χ1) is 10.2. The summed E-state index contributed by atoms with van der Waals surface area (Å²) in [5.41, 5.74) is 1.15. The summed E-state index contributed by atoms with van der Waals surface area (Å²) in [6, 6.07) is 3.96. The van der Waals surface area contributed by atoms with Crippen molar-refractivity contribution in [2.75, 3.05) is 32.6 Å². The Morgan fingerprint density at radius 3 is 2.95 bits per heavy atom. The lowest BCUT2D eigenvalue weighted by atomic mass is 9.93. The molecule has 0 saturated carbocycles. The lowest BCUT2D eigenvalue weighted by molar-refractivity contribution is -0.140. The van der Waals surface area contributed by atoms with Crippen molar-refractivity contribution >= 4 is 17.7 Å². The van der Waals surface area contributed by atoms with Crippen LogP contribution in [0.3, 0.4) is 0 Å². The normalized spacial score (nSPS) is 23.3. The Bertz CT molecular complexity index is 491. The van der Waals surface area contributed by atoms with Crippen LogP contribution in [0.2, 0.25) is 0 Å². The maximum Gasteiger partial charge on any atom is 0.248 e. The number of methoxy groups -OCH3 is 1. The quantitative estimate of drug-likeness (QED) is 0.821. The van der Waals surface area contributed by atoms with Gasteiger partial charge in [0.25, 0.3) is 0 Å². The second-order valence-electron chi connectivity index (χ2n) is 5.67. The van der Waals surface area contributed by atoms with Crippen molar-refractivity contribution < 1.29 is 14.3 Å². The molecule has 5 nitrogen and oxygen atoms in total. The molecular weight excluding hydrogens is 288 g/mol. The summed E-state index contributed by atoms with van der Waals surface area (Å²) < 4.78 is 11.1. The molecule has 0 radical (unpaired) electrons. The molecule has 21 heavy (non-hydrogen) atoms. The molecule has 3 rings (SSSR count). The predicted octanol–water partition coefficient (Wildman–Crippen LogP) is 1.33. The summed E-state index contributed by atoms with van der Waals surface area (Å²) in [5, 5.41) is 0. The van der Waals surface area contributed by atoms with Crippen molar-refractivity contribution in [3.8, 4) is 0 Å². The summed E-state index contributed by atoms with van der Waals surface area (Å²) >= 11 is 1.94. The number of aromatic nitrogens is 1. The number of nitrogens with zero attached hydrogens (tertiary/aromatic N) is 2. The van der Waals surface area contributed by atoms with Gasteiger partial charge in [-0.1, -0.05) is 0 Å². The average Bonchev–Trinajstić information content (AvgIpc) is 2.89. The molecule has 1 atom stereocenters. The number of carbonyl (C=O) groups is 1. The van der Waals surface area contributed by atoms with E-state index in [1.807, 2.05) is 28.8 Å². The van der Waals surface area contributed by atoms with Gasteiger partial charge in [0.15, 0.2) is 0 Å². The molecule has 2 fully saturated rings. The smallest absolute Gasteiger partial charge is 0.248 e. The van der Waals surface area contributed by atoms with E-state index in [-0.39, 0.29) is 23.4 Å². The van der Waals surface area contributed by atoms with Crippen LogP contribution in [0, 0.1) is 0 Å². The minimum absolute atomic E-state index is 0.0879. The van der Waals surface area contributed by atoms with Gasteiger partial charge in [0, 0.05) is 38.3 Å². The van der Waals surface area contributed by atoms with Crippen molar-refractivity contribution in [2.24, 2.45) is 0 Å². The summed E-state index contributed by atoms with van der Waals surface area (Å²) in [4.78, 5) is 17.6. The standard InChI is InChI=1S/C15H20N2O3S/c1-19-8-14(18)17-10-15(11-17)6-13(9-21-15)20-7-12-2-4-16-5-3-12/h2-5,13H,6-11H2,1H3/t13-/m0/s1. The predicted molar refractivity (Wildman–Crippen MR) is 81.1 cm³/mol. The molecule has 0 aromatic carbocycles. The molecule has 0 aliphatic carbocycles. The summed E-state index contributed by atoms with van der Waals surface area (Å²) in [6.45, 7) is 2.48. The van der Waals surface area contributed by atoms with Crippen molar-refractivity contribution in [1.29, 1.82) is 0 Å². The van der Waals surface area contributed by atoms with Crippen LogP contribution in [-0.4, -0.2) is 59.2 Å². The van der Waals surface area contributed by atoms with Gasteiger partial charge in [-0.05, 0) is 24.1 Å². The Hall–Kier alpha value is -1.11. The van der Waals surface area contributed by atoms with E-state index in [2.05, 4.69) is 4.98 Å². The molecule has 2 aliphatic heterocycles. The van der Waals surface area contributed by atoms with E-state index in [1.165, 1.54) is 0 Å². The van der Waals surface area contributed by atoms with Crippen molar-refractivity contribution in [3.63, 3.8) is 0 Å². The molecule has 3 heterocycles. The highest BCUT2D eigenvalue weighted by molar-refractivity contribution is 8.01. The van der Waals surface area contributed by atoms with Crippen molar-refractivity contribution in [1.82, 2.24) is 9.88 Å². The maximum atomic E-state index is 11.7. The average molecular weight is 308 g/mol. The van der Waals surface area contributed by atoms with Gasteiger partial charge in [-0.2, -0.15) is 0 Å². The van der Waals surface area contributed by atoms with Crippen LogP contribution >= 0.6 is 11.8 Å². The fourth-order valence-corrected chi connectivity index (χ4v) is 4.41. The summed E-state index contributed by atoms with van der Waals surface area (Å²) in [6.07, 6.45) is 4.88. The number of amides is 1. The van der Waals surface area contributed by atoms with Gasteiger partial charge in [0.05, 0.1) is 17.5 Å². The molecule has 1 aromatic rings. The molecular formula is C15H20N2O3S. The molecule has 6 heteroatoms. The summed E-state index contributed by atoms with van der Waals surface area (Å²) in [7, 11) is 1.56. The molecule has 1 aromatic heterocycles. The van der Waals surface area contributed by atoms with Gasteiger partial charge in [-0.15, -0.1) is 11.8 Å². The van der Waals surface area contributed by atoms with Gasteiger partial charge in [0.2, 0.25) is 5.91 Å². The Balaban J connectivity index is 1.43.